The molecule has 2 amide bonds. The average molecular weight is 494 g/mol. The second kappa shape index (κ2) is 10.6. The Kier molecular flexibility index (Phi) is 7.60. The summed E-state index contributed by atoms with van der Waals surface area (Å²) in [6, 6.07) is 0.389. The summed E-state index contributed by atoms with van der Waals surface area (Å²) in [5.41, 5.74) is 0.525. The van der Waals surface area contributed by atoms with E-state index in [1.54, 1.807) is 0 Å². The lowest BCUT2D eigenvalue weighted by molar-refractivity contribution is 0.143. The molecule has 33 heavy (non-hydrogen) atoms. The highest BCUT2D eigenvalue weighted by molar-refractivity contribution is 6.39. The maximum Gasteiger partial charge on any atom is 0.319 e. The number of carbonyl (C=O) groups is 1. The van der Waals surface area contributed by atoms with Crippen LogP contribution >= 0.6 is 23.2 Å². The lowest BCUT2D eigenvalue weighted by Crippen LogP contribution is -2.51. The van der Waals surface area contributed by atoms with Gasteiger partial charge in [0.05, 0.1) is 22.3 Å². The number of piperidine rings is 1. The van der Waals surface area contributed by atoms with Gasteiger partial charge >= 0.3 is 6.03 Å². The van der Waals surface area contributed by atoms with E-state index in [0.29, 0.717) is 33.9 Å². The number of amides is 2. The molecule has 1 N–H and O–H groups in total. The number of anilines is 3. The number of pyridine rings is 1. The Morgan fingerprint density at radius 2 is 1.85 bits per heavy atom. The van der Waals surface area contributed by atoms with Crippen LogP contribution in [0.15, 0.2) is 18.7 Å². The quantitative estimate of drug-likeness (QED) is 0.658. The van der Waals surface area contributed by atoms with Gasteiger partial charge in [-0.1, -0.05) is 23.2 Å². The van der Waals surface area contributed by atoms with E-state index in [2.05, 4.69) is 25.2 Å². The van der Waals surface area contributed by atoms with Crippen molar-refractivity contribution in [1.82, 2.24) is 24.8 Å². The van der Waals surface area contributed by atoms with Crippen LogP contribution in [0.1, 0.15) is 33.1 Å². The molecule has 1 saturated heterocycles. The Labute approximate surface area is 204 Å². The summed E-state index contributed by atoms with van der Waals surface area (Å²) < 4.78 is 6.07. The molecule has 0 aromatic carbocycles. The summed E-state index contributed by atoms with van der Waals surface area (Å²) in [6.07, 6.45) is 7.19. The maximum atomic E-state index is 12.7. The number of nitrogens with zero attached hydrogens (tertiary/aromatic N) is 6. The molecule has 2 aromatic rings. The first-order valence-electron chi connectivity index (χ1n) is 11.4. The highest BCUT2D eigenvalue weighted by Crippen LogP contribution is 2.40. The molecule has 2 aromatic heterocycles. The standard InChI is InChI=1S/C22H29Cl2N7O2/c1-3-29(4-2)22(32)30-9-6-15(7-10-30)31-8-5-11-33-19-20(26-14-27-21(19)31)28-18-16(23)12-25-13-17(18)24/h12-15H,3-11H2,1-2H3,(H,25,26,27,28). The van der Waals surface area contributed by atoms with E-state index in [1.807, 2.05) is 23.6 Å². The van der Waals surface area contributed by atoms with E-state index < -0.39 is 0 Å². The van der Waals surface area contributed by atoms with E-state index in [1.165, 1.54) is 18.7 Å². The monoisotopic (exact) mass is 493 g/mol. The van der Waals surface area contributed by atoms with Crippen LogP contribution in [0.4, 0.5) is 22.1 Å². The van der Waals surface area contributed by atoms with Crippen molar-refractivity contribution < 1.29 is 9.53 Å². The van der Waals surface area contributed by atoms with Gasteiger partial charge in [-0.3, -0.25) is 4.98 Å². The van der Waals surface area contributed by atoms with Crippen molar-refractivity contribution in [3.05, 3.63) is 28.8 Å². The number of likely N-dealkylation sites (tertiary alicyclic amines) is 1. The zero-order valence-corrected chi connectivity index (χ0v) is 20.4. The summed E-state index contributed by atoms with van der Waals surface area (Å²) in [4.78, 5) is 31.8. The van der Waals surface area contributed by atoms with Crippen LogP contribution < -0.4 is 15.0 Å². The molecule has 4 rings (SSSR count). The van der Waals surface area contributed by atoms with Crippen LogP contribution in [0.5, 0.6) is 5.75 Å². The first-order valence-corrected chi connectivity index (χ1v) is 12.1. The number of hydrogen-bond donors (Lipinski definition) is 1. The number of nitrogens with one attached hydrogen (secondary N) is 1. The van der Waals surface area contributed by atoms with E-state index in [0.717, 1.165) is 57.8 Å². The fourth-order valence-electron chi connectivity index (χ4n) is 4.37. The molecular weight excluding hydrogens is 465 g/mol. The lowest BCUT2D eigenvalue weighted by atomic mass is 10.0. The molecule has 0 atom stereocenters. The van der Waals surface area contributed by atoms with Crippen molar-refractivity contribution in [2.45, 2.75) is 39.2 Å². The normalized spacial score (nSPS) is 16.6. The smallest absolute Gasteiger partial charge is 0.319 e. The predicted octanol–water partition coefficient (Wildman–Crippen LogP) is 4.44. The van der Waals surface area contributed by atoms with Crippen LogP contribution in [0.2, 0.25) is 10.0 Å². The molecule has 0 spiro atoms. The van der Waals surface area contributed by atoms with Gasteiger partial charge in [-0.2, -0.15) is 0 Å². The van der Waals surface area contributed by atoms with E-state index >= 15 is 0 Å². The summed E-state index contributed by atoms with van der Waals surface area (Å²) in [6.45, 7) is 8.32. The highest BCUT2D eigenvalue weighted by atomic mass is 35.5. The summed E-state index contributed by atoms with van der Waals surface area (Å²) >= 11 is 12.6. The van der Waals surface area contributed by atoms with Gasteiger partial charge in [0, 0.05) is 51.2 Å². The van der Waals surface area contributed by atoms with Crippen molar-refractivity contribution in [2.24, 2.45) is 0 Å². The minimum absolute atomic E-state index is 0.123. The first-order chi connectivity index (χ1) is 16.0. The molecule has 9 nitrogen and oxygen atoms in total. The fourth-order valence-corrected chi connectivity index (χ4v) is 4.83. The van der Waals surface area contributed by atoms with Gasteiger partial charge in [0.15, 0.2) is 11.6 Å². The molecule has 178 valence electrons. The summed E-state index contributed by atoms with van der Waals surface area (Å²) in [5.74, 6) is 1.84. The largest absolute Gasteiger partial charge is 0.486 e. The molecule has 2 aliphatic rings. The second-order valence-electron chi connectivity index (χ2n) is 8.05. The van der Waals surface area contributed by atoms with Crippen molar-refractivity contribution >= 4 is 46.6 Å². The number of aromatic nitrogens is 3. The van der Waals surface area contributed by atoms with Crippen LogP contribution in [-0.4, -0.2) is 76.2 Å². The first kappa shape index (κ1) is 23.6. The van der Waals surface area contributed by atoms with Crippen molar-refractivity contribution in [1.29, 1.82) is 0 Å². The lowest BCUT2D eigenvalue weighted by Gasteiger charge is -2.40. The molecule has 0 bridgehead atoms. The van der Waals surface area contributed by atoms with Crippen molar-refractivity contribution in [3.8, 4) is 5.75 Å². The average Bonchev–Trinajstić information content (AvgIpc) is 3.05. The van der Waals surface area contributed by atoms with Crippen molar-refractivity contribution in [2.75, 3.05) is 49.5 Å². The Bertz CT molecular complexity index is 961. The number of carbonyl (C=O) groups excluding carboxylic acids is 1. The third kappa shape index (κ3) is 5.04. The fraction of sp³-hybridized carbons (Fsp3) is 0.545. The number of ether oxygens (including phenoxy) is 1. The van der Waals surface area contributed by atoms with Crippen LogP contribution in [0.3, 0.4) is 0 Å². The van der Waals surface area contributed by atoms with Gasteiger partial charge in [0.25, 0.3) is 0 Å². The Morgan fingerprint density at radius 3 is 2.52 bits per heavy atom. The zero-order chi connectivity index (χ0) is 23.4. The number of fused-ring (bicyclic) bond motifs is 1. The van der Waals surface area contributed by atoms with Gasteiger partial charge in [-0.25, -0.2) is 14.8 Å². The van der Waals surface area contributed by atoms with Crippen molar-refractivity contribution in [3.63, 3.8) is 0 Å². The Morgan fingerprint density at radius 1 is 1.15 bits per heavy atom. The number of urea groups is 1. The minimum atomic E-state index is 0.123. The molecule has 0 aliphatic carbocycles. The second-order valence-corrected chi connectivity index (χ2v) is 8.86. The molecular formula is C22H29Cl2N7O2. The molecule has 2 aliphatic heterocycles. The molecule has 11 heteroatoms. The zero-order valence-electron chi connectivity index (χ0n) is 18.9. The Balaban J connectivity index is 1.54. The van der Waals surface area contributed by atoms with E-state index in [4.69, 9.17) is 27.9 Å². The SMILES string of the molecule is CCN(CC)C(=O)N1CCC(N2CCCOc3c(Nc4c(Cl)cncc4Cl)ncnc32)CC1. The van der Waals surface area contributed by atoms with E-state index in [-0.39, 0.29) is 12.1 Å². The molecule has 4 heterocycles. The van der Waals surface area contributed by atoms with E-state index in [9.17, 15) is 4.79 Å². The summed E-state index contributed by atoms with van der Waals surface area (Å²) in [7, 11) is 0. The maximum absolute atomic E-state index is 12.7. The van der Waals surface area contributed by atoms with Gasteiger partial charge in [-0.05, 0) is 33.1 Å². The molecule has 1 fully saturated rings. The molecule has 0 unspecified atom stereocenters. The molecule has 0 saturated carbocycles. The third-order valence-electron chi connectivity index (χ3n) is 6.15. The van der Waals surface area contributed by atoms with Gasteiger partial charge < -0.3 is 24.8 Å². The van der Waals surface area contributed by atoms with Gasteiger partial charge in [-0.15, -0.1) is 0 Å². The van der Waals surface area contributed by atoms with Gasteiger partial charge in [0.1, 0.15) is 6.33 Å². The topological polar surface area (TPSA) is 86.7 Å². The highest BCUT2D eigenvalue weighted by Gasteiger charge is 2.32. The molecule has 0 radical (unpaired) electrons. The summed E-state index contributed by atoms with van der Waals surface area (Å²) in [5, 5.41) is 3.99. The van der Waals surface area contributed by atoms with Gasteiger partial charge in [0.2, 0.25) is 5.75 Å². The predicted molar refractivity (Wildman–Crippen MR) is 130 cm³/mol. The van der Waals surface area contributed by atoms with Crippen LogP contribution in [-0.2, 0) is 0 Å². The van der Waals surface area contributed by atoms with Crippen LogP contribution in [0, 0.1) is 0 Å². The minimum Gasteiger partial charge on any atom is -0.486 e. The number of hydrogen-bond acceptors (Lipinski definition) is 7. The number of halogens is 2. The third-order valence-corrected chi connectivity index (χ3v) is 6.73. The van der Waals surface area contributed by atoms with Crippen LogP contribution in [0.25, 0.3) is 0 Å². The Hall–Kier alpha value is -2.52. The number of rotatable bonds is 5.